The normalized spacial score (nSPS) is 11.5. The topological polar surface area (TPSA) is 191 Å². The number of nitrogens with one attached hydrogen (secondary N) is 3. The Bertz CT molecular complexity index is 1190. The van der Waals surface area contributed by atoms with Crippen LogP contribution in [0.2, 0.25) is 0 Å². The van der Waals surface area contributed by atoms with Gasteiger partial charge in [0.25, 0.3) is 11.5 Å². The Labute approximate surface area is 203 Å². The number of nitrogen functional groups attached to an aromatic ring is 1. The van der Waals surface area contributed by atoms with Gasteiger partial charge in [-0.3, -0.25) is 19.4 Å². The molecule has 0 fully saturated rings. The van der Waals surface area contributed by atoms with E-state index in [0.29, 0.717) is 23.9 Å². The number of amides is 1. The monoisotopic (exact) mass is 450 g/mol. The Balaban J connectivity index is 0.00000363. The van der Waals surface area contributed by atoms with E-state index in [1.807, 2.05) is 0 Å². The van der Waals surface area contributed by atoms with E-state index in [1.165, 1.54) is 0 Å². The molecule has 1 amide bonds. The van der Waals surface area contributed by atoms with E-state index >= 15 is 0 Å². The van der Waals surface area contributed by atoms with Crippen molar-refractivity contribution in [3.63, 3.8) is 0 Å². The van der Waals surface area contributed by atoms with Gasteiger partial charge in [-0.2, -0.15) is 4.98 Å². The minimum atomic E-state index is -1.30. The molecule has 0 radical (unpaired) electrons. The molecule has 0 bridgehead atoms. The van der Waals surface area contributed by atoms with Crippen LogP contribution in [0.5, 0.6) is 0 Å². The summed E-state index contributed by atoms with van der Waals surface area (Å²) in [6.45, 7) is 0. The summed E-state index contributed by atoms with van der Waals surface area (Å²) in [5.74, 6) is -3.00. The van der Waals surface area contributed by atoms with Crippen molar-refractivity contribution < 1.29 is 54.2 Å². The number of aryl methyl sites for hydroxylation is 2. The van der Waals surface area contributed by atoms with Crippen LogP contribution in [0.3, 0.4) is 0 Å². The van der Waals surface area contributed by atoms with Gasteiger partial charge in [0.05, 0.1) is 5.39 Å². The number of nitrogens with two attached hydrogens (primary N) is 1. The maximum atomic E-state index is 12.3. The van der Waals surface area contributed by atoms with Crippen LogP contribution in [0.15, 0.2) is 35.3 Å². The molecule has 3 rings (SSSR count). The average molecular weight is 450 g/mol. The first-order valence-corrected chi connectivity index (χ1v) is 9.44. The predicted octanol–water partition coefficient (Wildman–Crippen LogP) is -2.33. The second kappa shape index (κ2) is 10.9. The zero-order valence-electron chi connectivity index (χ0n) is 17.3. The Morgan fingerprint density at radius 3 is 2.44 bits per heavy atom. The summed E-state index contributed by atoms with van der Waals surface area (Å²) in [5, 5.41) is 20.6. The summed E-state index contributed by atoms with van der Waals surface area (Å²) in [6.07, 6.45) is 2.27. The molecule has 1 atom stereocenters. The second-order valence-electron chi connectivity index (χ2n) is 6.98. The van der Waals surface area contributed by atoms with Gasteiger partial charge in [0.2, 0.25) is 5.95 Å². The van der Waals surface area contributed by atoms with Crippen molar-refractivity contribution in [3.05, 3.63) is 57.5 Å². The molecule has 0 spiro atoms. The SMILES string of the molecule is Nc1nc2[nH]cc(CCc3ccc(C(=O)N[C@@H](CCC(=O)O)C(=O)O)cc3)c2c(=O)[nH]1.[Na+]. The molecule has 12 heteroatoms. The summed E-state index contributed by atoms with van der Waals surface area (Å²) < 4.78 is 0. The molecule has 1 aromatic carbocycles. The Morgan fingerprint density at radius 1 is 1.12 bits per heavy atom. The van der Waals surface area contributed by atoms with Crippen molar-refractivity contribution in [2.45, 2.75) is 31.7 Å². The third-order valence-corrected chi connectivity index (χ3v) is 4.79. The summed E-state index contributed by atoms with van der Waals surface area (Å²) >= 11 is 0. The van der Waals surface area contributed by atoms with E-state index in [4.69, 9.17) is 15.9 Å². The van der Waals surface area contributed by atoms with Gasteiger partial charge >= 0.3 is 41.5 Å². The molecule has 0 unspecified atom stereocenters. The second-order valence-corrected chi connectivity index (χ2v) is 6.98. The number of benzene rings is 1. The van der Waals surface area contributed by atoms with Crippen LogP contribution in [0.1, 0.15) is 34.3 Å². The molecule has 0 saturated heterocycles. The van der Waals surface area contributed by atoms with Crippen LogP contribution in [0.25, 0.3) is 11.0 Å². The largest absolute Gasteiger partial charge is 1.00 e. The first kappa shape index (κ1) is 25.1. The van der Waals surface area contributed by atoms with Crippen LogP contribution >= 0.6 is 0 Å². The standard InChI is InChI=1S/C20H21N5O6.Na/c21-20-24-16-15(18(29)25-20)12(9-22-16)6-3-10-1-4-11(5-2-10)17(28)23-13(19(30)31)7-8-14(26)27;/h1-2,4-5,9,13H,3,6-8H2,(H,23,28)(H,26,27)(H,30,31)(H4,21,22,24,25,29);/q;+1/t13-;/m0./s1. The maximum absolute atomic E-state index is 12.3. The van der Waals surface area contributed by atoms with Gasteiger partial charge in [-0.1, -0.05) is 12.1 Å². The first-order valence-electron chi connectivity index (χ1n) is 9.44. The molecule has 2 heterocycles. The molecular formula is C20H21N5NaO6+. The van der Waals surface area contributed by atoms with Gasteiger partial charge in [-0.25, -0.2) is 4.79 Å². The zero-order valence-corrected chi connectivity index (χ0v) is 19.3. The molecule has 0 aliphatic carbocycles. The minimum absolute atomic E-state index is 0. The molecule has 2 aromatic heterocycles. The summed E-state index contributed by atoms with van der Waals surface area (Å²) in [7, 11) is 0. The van der Waals surface area contributed by atoms with Crippen LogP contribution in [0, 0.1) is 0 Å². The number of aliphatic carboxylic acids is 2. The van der Waals surface area contributed by atoms with Gasteiger partial charge in [0, 0.05) is 18.2 Å². The van der Waals surface area contributed by atoms with E-state index in [1.54, 1.807) is 30.5 Å². The molecule has 162 valence electrons. The summed E-state index contributed by atoms with van der Waals surface area (Å²) in [4.78, 5) is 55.7. The van der Waals surface area contributed by atoms with E-state index in [-0.39, 0.29) is 59.5 Å². The molecule has 32 heavy (non-hydrogen) atoms. The number of carbonyl (C=O) groups excluding carboxylic acids is 1. The number of carbonyl (C=O) groups is 3. The number of hydrogen-bond donors (Lipinski definition) is 6. The van der Waals surface area contributed by atoms with Crippen LogP contribution in [-0.4, -0.2) is 49.1 Å². The number of aromatic nitrogens is 3. The quantitative estimate of drug-likeness (QED) is 0.196. The molecular weight excluding hydrogens is 429 g/mol. The van der Waals surface area contributed by atoms with Gasteiger partial charge in [0.1, 0.15) is 11.7 Å². The number of fused-ring (bicyclic) bond motifs is 1. The third kappa shape index (κ3) is 6.19. The third-order valence-electron chi connectivity index (χ3n) is 4.79. The fourth-order valence-electron chi connectivity index (χ4n) is 3.19. The Morgan fingerprint density at radius 2 is 1.81 bits per heavy atom. The van der Waals surface area contributed by atoms with E-state index in [9.17, 15) is 19.2 Å². The maximum Gasteiger partial charge on any atom is 1.00 e. The molecule has 11 nitrogen and oxygen atoms in total. The predicted molar refractivity (Wildman–Crippen MR) is 111 cm³/mol. The summed E-state index contributed by atoms with van der Waals surface area (Å²) in [5.41, 5.74) is 7.59. The minimum Gasteiger partial charge on any atom is -0.481 e. The number of carboxylic acid groups (broad SMARTS) is 2. The first-order chi connectivity index (χ1) is 14.7. The van der Waals surface area contributed by atoms with Gasteiger partial charge < -0.3 is 26.2 Å². The van der Waals surface area contributed by atoms with Crippen LogP contribution in [0.4, 0.5) is 5.95 Å². The molecule has 0 saturated carbocycles. The Kier molecular flexibility index (Phi) is 8.58. The number of rotatable bonds is 9. The smallest absolute Gasteiger partial charge is 0.481 e. The number of nitrogens with zero attached hydrogens (tertiary/aromatic N) is 1. The van der Waals surface area contributed by atoms with Gasteiger partial charge in [-0.05, 0) is 42.5 Å². The molecule has 0 aliphatic rings. The van der Waals surface area contributed by atoms with Gasteiger partial charge in [-0.15, -0.1) is 0 Å². The van der Waals surface area contributed by atoms with Crippen molar-refractivity contribution in [2.24, 2.45) is 0 Å². The van der Waals surface area contributed by atoms with Crippen LogP contribution < -0.4 is 46.2 Å². The fraction of sp³-hybridized carbons (Fsp3) is 0.250. The van der Waals surface area contributed by atoms with Crippen molar-refractivity contribution in [3.8, 4) is 0 Å². The molecule has 3 aromatic rings. The fourth-order valence-corrected chi connectivity index (χ4v) is 3.19. The van der Waals surface area contributed by atoms with Crippen molar-refractivity contribution >= 4 is 34.8 Å². The van der Waals surface area contributed by atoms with Gasteiger partial charge in [0.15, 0.2) is 0 Å². The van der Waals surface area contributed by atoms with E-state index in [2.05, 4.69) is 20.3 Å². The average Bonchev–Trinajstić information content (AvgIpc) is 3.12. The van der Waals surface area contributed by atoms with Crippen molar-refractivity contribution in [1.29, 1.82) is 0 Å². The summed E-state index contributed by atoms with van der Waals surface area (Å²) in [6, 6.07) is 5.30. The number of carboxylic acids is 2. The number of hydrogen-bond acceptors (Lipinski definition) is 6. The Hall–Kier alpha value is -3.15. The number of anilines is 1. The zero-order chi connectivity index (χ0) is 22.5. The molecule has 0 aliphatic heterocycles. The van der Waals surface area contributed by atoms with E-state index in [0.717, 1.165) is 11.1 Å². The number of H-pyrrole nitrogens is 2. The van der Waals surface area contributed by atoms with E-state index < -0.39 is 23.9 Å². The molecule has 7 N–H and O–H groups in total. The van der Waals surface area contributed by atoms with Crippen molar-refractivity contribution in [1.82, 2.24) is 20.3 Å². The van der Waals surface area contributed by atoms with Crippen molar-refractivity contribution in [2.75, 3.05) is 5.73 Å². The van der Waals surface area contributed by atoms with Crippen LogP contribution in [-0.2, 0) is 22.4 Å². The number of aromatic amines is 2.